The zero-order valence-electron chi connectivity index (χ0n) is 19.8. The molecule has 1 aromatic rings. The molecule has 2 aliphatic heterocycles. The number of methoxy groups -OCH3 is 1. The first-order valence-corrected chi connectivity index (χ1v) is 13.3. The van der Waals surface area contributed by atoms with Crippen molar-refractivity contribution >= 4 is 23.6 Å². The fraction of sp³-hybridized carbons (Fsp3) is 0.680. The lowest BCUT2D eigenvalue weighted by atomic mass is 9.94. The van der Waals surface area contributed by atoms with Crippen LogP contribution in [0.5, 0.6) is 5.75 Å². The number of ether oxygens (including phenoxy) is 1. The number of benzene rings is 1. The molecule has 2 fully saturated rings. The van der Waals surface area contributed by atoms with Gasteiger partial charge < -0.3 is 19.9 Å². The SMILES string of the molecule is COc1ccccc1C(=O)NC(CCSC)C(=O)N1CCCC(CN2CCC(C)CC2)C1. The third-order valence-electron chi connectivity index (χ3n) is 6.79. The maximum Gasteiger partial charge on any atom is 0.255 e. The van der Waals surface area contributed by atoms with Gasteiger partial charge >= 0.3 is 0 Å². The van der Waals surface area contributed by atoms with Gasteiger partial charge in [-0.05, 0) is 81.2 Å². The number of thioether (sulfide) groups is 1. The van der Waals surface area contributed by atoms with Gasteiger partial charge in [-0.2, -0.15) is 11.8 Å². The normalized spacial score (nSPS) is 21.2. The number of nitrogens with zero attached hydrogens (tertiary/aromatic N) is 2. The highest BCUT2D eigenvalue weighted by molar-refractivity contribution is 7.98. The van der Waals surface area contributed by atoms with Crippen LogP contribution in [0.15, 0.2) is 24.3 Å². The summed E-state index contributed by atoms with van der Waals surface area (Å²) in [7, 11) is 1.55. The summed E-state index contributed by atoms with van der Waals surface area (Å²) >= 11 is 1.70. The Kier molecular flexibility index (Phi) is 9.72. The predicted molar refractivity (Wildman–Crippen MR) is 131 cm³/mol. The average molecular weight is 462 g/mol. The van der Waals surface area contributed by atoms with Gasteiger partial charge in [0.15, 0.2) is 0 Å². The molecule has 6 nitrogen and oxygen atoms in total. The van der Waals surface area contributed by atoms with Crippen molar-refractivity contribution in [1.29, 1.82) is 0 Å². The van der Waals surface area contributed by atoms with Gasteiger partial charge in [-0.25, -0.2) is 0 Å². The van der Waals surface area contributed by atoms with E-state index >= 15 is 0 Å². The number of hydrogen-bond donors (Lipinski definition) is 1. The number of nitrogens with one attached hydrogen (secondary N) is 1. The molecule has 3 rings (SSSR count). The van der Waals surface area contributed by atoms with Crippen LogP contribution in [0.2, 0.25) is 0 Å². The van der Waals surface area contributed by atoms with Gasteiger partial charge in [0, 0.05) is 19.6 Å². The topological polar surface area (TPSA) is 61.9 Å². The number of carbonyl (C=O) groups is 2. The zero-order chi connectivity index (χ0) is 22.9. The first-order valence-electron chi connectivity index (χ1n) is 12.0. The largest absolute Gasteiger partial charge is 0.496 e. The van der Waals surface area contributed by atoms with Crippen LogP contribution < -0.4 is 10.1 Å². The number of para-hydroxylation sites is 1. The molecule has 2 atom stereocenters. The minimum atomic E-state index is -0.505. The Morgan fingerprint density at radius 3 is 2.66 bits per heavy atom. The lowest BCUT2D eigenvalue weighted by Crippen LogP contribution is -2.52. The van der Waals surface area contributed by atoms with Crippen molar-refractivity contribution in [2.75, 3.05) is 51.8 Å². The summed E-state index contributed by atoms with van der Waals surface area (Å²) in [5, 5.41) is 3.01. The van der Waals surface area contributed by atoms with Gasteiger partial charge in [0.05, 0.1) is 12.7 Å². The summed E-state index contributed by atoms with van der Waals surface area (Å²) in [4.78, 5) is 31.0. The monoisotopic (exact) mass is 461 g/mol. The number of piperidine rings is 2. The van der Waals surface area contributed by atoms with Crippen molar-refractivity contribution in [2.45, 2.75) is 45.1 Å². The van der Waals surface area contributed by atoms with Crippen LogP contribution in [-0.2, 0) is 4.79 Å². The number of rotatable bonds is 9. The molecule has 0 aromatic heterocycles. The van der Waals surface area contributed by atoms with Gasteiger partial charge in [-0.3, -0.25) is 9.59 Å². The molecular weight excluding hydrogens is 422 g/mol. The van der Waals surface area contributed by atoms with Crippen LogP contribution in [-0.4, -0.2) is 79.5 Å². The molecule has 2 unspecified atom stereocenters. The second-order valence-corrected chi connectivity index (χ2v) is 10.3. The van der Waals surface area contributed by atoms with Gasteiger partial charge in [-0.1, -0.05) is 19.1 Å². The van der Waals surface area contributed by atoms with Gasteiger partial charge in [0.2, 0.25) is 5.91 Å². The molecule has 0 bridgehead atoms. The van der Waals surface area contributed by atoms with E-state index in [1.54, 1.807) is 31.0 Å². The number of carbonyl (C=O) groups excluding carboxylic acids is 2. The molecule has 2 amide bonds. The summed E-state index contributed by atoms with van der Waals surface area (Å²) < 4.78 is 5.33. The van der Waals surface area contributed by atoms with Crippen LogP contribution in [0.25, 0.3) is 0 Å². The average Bonchev–Trinajstić information content (AvgIpc) is 2.82. The summed E-state index contributed by atoms with van der Waals surface area (Å²) in [6, 6.07) is 6.65. The van der Waals surface area contributed by atoms with Crippen molar-refractivity contribution in [2.24, 2.45) is 11.8 Å². The molecule has 0 aliphatic carbocycles. The molecule has 0 spiro atoms. The summed E-state index contributed by atoms with van der Waals surface area (Å²) in [6.07, 6.45) is 7.43. The summed E-state index contributed by atoms with van der Waals surface area (Å²) in [5.74, 6) is 2.50. The molecule has 1 aromatic carbocycles. The quantitative estimate of drug-likeness (QED) is 0.610. The molecular formula is C25H39N3O3S. The smallest absolute Gasteiger partial charge is 0.255 e. The highest BCUT2D eigenvalue weighted by Gasteiger charge is 2.31. The maximum absolute atomic E-state index is 13.5. The van der Waals surface area contributed by atoms with Crippen molar-refractivity contribution in [3.63, 3.8) is 0 Å². The van der Waals surface area contributed by atoms with Crippen molar-refractivity contribution < 1.29 is 14.3 Å². The van der Waals surface area contributed by atoms with Gasteiger partial charge in [0.25, 0.3) is 5.91 Å². The highest BCUT2D eigenvalue weighted by Crippen LogP contribution is 2.23. The lowest BCUT2D eigenvalue weighted by molar-refractivity contribution is -0.135. The van der Waals surface area contributed by atoms with Crippen molar-refractivity contribution in [3.05, 3.63) is 29.8 Å². The van der Waals surface area contributed by atoms with Crippen LogP contribution in [0.3, 0.4) is 0 Å². The Bertz CT molecular complexity index is 752. The zero-order valence-corrected chi connectivity index (χ0v) is 20.7. The fourth-order valence-corrected chi connectivity index (χ4v) is 5.28. The van der Waals surface area contributed by atoms with E-state index < -0.39 is 6.04 Å². The molecule has 0 saturated carbocycles. The standard InChI is InChI=1S/C25H39N3O3S/c1-19-10-14-27(15-11-19)17-20-7-6-13-28(18-20)25(30)22(12-16-32-3)26-24(29)21-8-4-5-9-23(21)31-2/h4-5,8-9,19-20,22H,6-7,10-18H2,1-3H3,(H,26,29). The Morgan fingerprint density at radius 2 is 1.94 bits per heavy atom. The van der Waals surface area contributed by atoms with E-state index in [9.17, 15) is 9.59 Å². The van der Waals surface area contributed by atoms with E-state index in [0.717, 1.165) is 37.7 Å². The van der Waals surface area contributed by atoms with Crippen molar-refractivity contribution in [3.8, 4) is 5.75 Å². The van der Waals surface area contributed by atoms with Crippen LogP contribution in [0.4, 0.5) is 0 Å². The molecule has 7 heteroatoms. The third-order valence-corrected chi connectivity index (χ3v) is 7.43. The highest BCUT2D eigenvalue weighted by atomic mass is 32.2. The first-order chi connectivity index (χ1) is 15.5. The third kappa shape index (κ3) is 6.88. The van der Waals surface area contributed by atoms with Crippen LogP contribution in [0.1, 0.15) is 49.4 Å². The second-order valence-electron chi connectivity index (χ2n) is 9.28. The Morgan fingerprint density at radius 1 is 1.19 bits per heavy atom. The van der Waals surface area contributed by atoms with Gasteiger partial charge in [0.1, 0.15) is 11.8 Å². The number of amides is 2. The Labute approximate surface area is 197 Å². The summed E-state index contributed by atoms with van der Waals surface area (Å²) in [6.45, 7) is 7.36. The van der Waals surface area contributed by atoms with E-state index in [-0.39, 0.29) is 11.8 Å². The second kappa shape index (κ2) is 12.5. The summed E-state index contributed by atoms with van der Waals surface area (Å²) in [5.41, 5.74) is 0.466. The Hall–Kier alpha value is -1.73. The van der Waals surface area contributed by atoms with Crippen LogP contribution >= 0.6 is 11.8 Å². The minimum Gasteiger partial charge on any atom is -0.496 e. The fourth-order valence-electron chi connectivity index (χ4n) is 4.81. The maximum atomic E-state index is 13.5. The molecule has 1 N–H and O–H groups in total. The minimum absolute atomic E-state index is 0.0549. The number of likely N-dealkylation sites (tertiary alicyclic amines) is 2. The van der Waals surface area contributed by atoms with Crippen molar-refractivity contribution in [1.82, 2.24) is 15.1 Å². The molecule has 178 valence electrons. The molecule has 0 radical (unpaired) electrons. The van der Waals surface area contributed by atoms with Gasteiger partial charge in [-0.15, -0.1) is 0 Å². The van der Waals surface area contributed by atoms with E-state index in [4.69, 9.17) is 4.74 Å². The predicted octanol–water partition coefficient (Wildman–Crippen LogP) is 3.52. The molecule has 2 saturated heterocycles. The van der Waals surface area contributed by atoms with Crippen LogP contribution in [0, 0.1) is 11.8 Å². The van der Waals surface area contributed by atoms with E-state index in [0.29, 0.717) is 23.7 Å². The molecule has 2 aliphatic rings. The molecule has 2 heterocycles. The molecule has 32 heavy (non-hydrogen) atoms. The number of hydrogen-bond acceptors (Lipinski definition) is 5. The first kappa shape index (κ1) is 24.9. The Balaban J connectivity index is 1.62. The van der Waals surface area contributed by atoms with E-state index in [1.807, 2.05) is 23.3 Å². The van der Waals surface area contributed by atoms with E-state index in [1.165, 1.54) is 32.4 Å². The lowest BCUT2D eigenvalue weighted by Gasteiger charge is -2.39. The van der Waals surface area contributed by atoms with E-state index in [2.05, 4.69) is 17.1 Å².